The van der Waals surface area contributed by atoms with E-state index in [1.807, 2.05) is 12.4 Å². The smallest absolute Gasteiger partial charge is 0.150 e. The van der Waals surface area contributed by atoms with E-state index in [4.69, 9.17) is 0 Å². The van der Waals surface area contributed by atoms with Crippen molar-refractivity contribution in [1.29, 1.82) is 0 Å². The van der Waals surface area contributed by atoms with Crippen LogP contribution in [-0.4, -0.2) is 36.4 Å². The van der Waals surface area contributed by atoms with Crippen molar-refractivity contribution in [3.8, 4) is 0 Å². The quantitative estimate of drug-likeness (QED) is 0.752. The van der Waals surface area contributed by atoms with Crippen molar-refractivity contribution in [3.63, 3.8) is 0 Å². The van der Waals surface area contributed by atoms with Crippen molar-refractivity contribution < 1.29 is 0 Å². The van der Waals surface area contributed by atoms with Crippen LogP contribution in [0.1, 0.15) is 30.3 Å². The molecule has 7 nitrogen and oxygen atoms in total. The molecule has 3 aromatic rings. The SMILES string of the molecule is c1cnc(Nc2cc([C@@H]3CCCN3Cc3ncc[nH]3)ccn2)cn1. The average Bonchev–Trinajstić information content (AvgIpc) is 3.28. The number of aromatic nitrogens is 5. The number of nitrogens with one attached hydrogen (secondary N) is 2. The normalized spacial score (nSPS) is 17.9. The zero-order valence-electron chi connectivity index (χ0n) is 13.3. The topological polar surface area (TPSA) is 82.6 Å². The van der Waals surface area contributed by atoms with E-state index in [1.54, 1.807) is 24.8 Å². The summed E-state index contributed by atoms with van der Waals surface area (Å²) in [5.74, 6) is 2.49. The lowest BCUT2D eigenvalue weighted by molar-refractivity contribution is 0.243. The Labute approximate surface area is 140 Å². The number of rotatable bonds is 5. The molecule has 7 heteroatoms. The van der Waals surface area contributed by atoms with Crippen molar-refractivity contribution >= 4 is 11.6 Å². The lowest BCUT2D eigenvalue weighted by Crippen LogP contribution is -2.23. The second-order valence-corrected chi connectivity index (χ2v) is 5.85. The molecule has 2 N–H and O–H groups in total. The van der Waals surface area contributed by atoms with Gasteiger partial charge < -0.3 is 10.3 Å². The van der Waals surface area contributed by atoms with E-state index >= 15 is 0 Å². The molecular weight excluding hydrogens is 302 g/mol. The van der Waals surface area contributed by atoms with Gasteiger partial charge in [0.05, 0.1) is 12.7 Å². The van der Waals surface area contributed by atoms with Crippen molar-refractivity contribution in [3.05, 3.63) is 60.7 Å². The Bertz CT molecular complexity index is 773. The maximum absolute atomic E-state index is 4.39. The van der Waals surface area contributed by atoms with Crippen LogP contribution in [0.15, 0.2) is 49.3 Å². The van der Waals surface area contributed by atoms with Gasteiger partial charge in [-0.25, -0.2) is 15.0 Å². The van der Waals surface area contributed by atoms with Crippen LogP contribution in [-0.2, 0) is 6.54 Å². The predicted molar refractivity (Wildman–Crippen MR) is 90.5 cm³/mol. The molecule has 0 radical (unpaired) electrons. The molecule has 122 valence electrons. The van der Waals surface area contributed by atoms with Gasteiger partial charge in [0, 0.05) is 37.0 Å². The molecule has 0 amide bonds. The molecule has 4 heterocycles. The number of imidazole rings is 1. The zero-order chi connectivity index (χ0) is 16.2. The van der Waals surface area contributed by atoms with Crippen LogP contribution in [0.5, 0.6) is 0 Å². The van der Waals surface area contributed by atoms with Crippen LogP contribution in [0.4, 0.5) is 11.6 Å². The van der Waals surface area contributed by atoms with Gasteiger partial charge >= 0.3 is 0 Å². The Morgan fingerprint density at radius 3 is 2.92 bits per heavy atom. The second kappa shape index (κ2) is 6.76. The molecule has 0 aliphatic carbocycles. The first-order chi connectivity index (χ1) is 11.9. The minimum Gasteiger partial charge on any atom is -0.348 e. The first kappa shape index (κ1) is 14.8. The summed E-state index contributed by atoms with van der Waals surface area (Å²) >= 11 is 0. The van der Waals surface area contributed by atoms with Crippen molar-refractivity contribution in [2.24, 2.45) is 0 Å². The van der Waals surface area contributed by atoms with Crippen molar-refractivity contribution in [2.45, 2.75) is 25.4 Å². The standard InChI is InChI=1S/C17H19N7/c1-2-14(24(9-1)12-17-21-7-8-22-17)13-3-4-19-15(10-13)23-16-11-18-5-6-20-16/h3-8,10-11,14H,1-2,9,12H2,(H,21,22)(H,19,20,23)/t14-/m0/s1. The molecule has 1 atom stereocenters. The van der Waals surface area contributed by atoms with Crippen LogP contribution in [0.3, 0.4) is 0 Å². The number of likely N-dealkylation sites (tertiary alicyclic amines) is 1. The fraction of sp³-hybridized carbons (Fsp3) is 0.294. The Morgan fingerprint density at radius 1 is 1.12 bits per heavy atom. The zero-order valence-corrected chi connectivity index (χ0v) is 13.3. The number of anilines is 2. The summed E-state index contributed by atoms with van der Waals surface area (Å²) in [5.41, 5.74) is 1.26. The fourth-order valence-electron chi connectivity index (χ4n) is 3.19. The van der Waals surface area contributed by atoms with E-state index in [2.05, 4.69) is 47.3 Å². The Balaban J connectivity index is 1.51. The van der Waals surface area contributed by atoms with Gasteiger partial charge in [0.1, 0.15) is 17.5 Å². The molecule has 0 bridgehead atoms. The number of nitrogens with zero attached hydrogens (tertiary/aromatic N) is 5. The van der Waals surface area contributed by atoms with Crippen LogP contribution in [0, 0.1) is 0 Å². The molecule has 1 fully saturated rings. The Morgan fingerprint density at radius 2 is 2.08 bits per heavy atom. The third-order valence-corrected chi connectivity index (χ3v) is 4.26. The molecule has 0 spiro atoms. The molecule has 24 heavy (non-hydrogen) atoms. The van der Waals surface area contributed by atoms with Crippen LogP contribution >= 0.6 is 0 Å². The third-order valence-electron chi connectivity index (χ3n) is 4.26. The number of hydrogen-bond donors (Lipinski definition) is 2. The minimum absolute atomic E-state index is 0.389. The Hall–Kier alpha value is -2.80. The summed E-state index contributed by atoms with van der Waals surface area (Å²) in [6.07, 6.45) is 12.9. The van der Waals surface area contributed by atoms with E-state index in [0.29, 0.717) is 11.9 Å². The first-order valence-corrected chi connectivity index (χ1v) is 8.10. The van der Waals surface area contributed by atoms with Gasteiger partial charge in [0.2, 0.25) is 0 Å². The van der Waals surface area contributed by atoms with Crippen LogP contribution in [0.25, 0.3) is 0 Å². The molecule has 0 aromatic carbocycles. The summed E-state index contributed by atoms with van der Waals surface area (Å²) in [6.45, 7) is 1.92. The summed E-state index contributed by atoms with van der Waals surface area (Å²) in [6, 6.07) is 4.58. The first-order valence-electron chi connectivity index (χ1n) is 8.10. The second-order valence-electron chi connectivity index (χ2n) is 5.85. The summed E-state index contributed by atoms with van der Waals surface area (Å²) in [4.78, 5) is 22.7. The van der Waals surface area contributed by atoms with Gasteiger partial charge in [0.25, 0.3) is 0 Å². The highest BCUT2D eigenvalue weighted by Gasteiger charge is 2.26. The number of pyridine rings is 1. The van der Waals surface area contributed by atoms with Gasteiger partial charge in [-0.3, -0.25) is 9.88 Å². The number of hydrogen-bond acceptors (Lipinski definition) is 6. The van der Waals surface area contributed by atoms with Gasteiger partial charge in [-0.1, -0.05) is 0 Å². The molecule has 1 aliphatic rings. The summed E-state index contributed by atoms with van der Waals surface area (Å²) in [7, 11) is 0. The van der Waals surface area contributed by atoms with E-state index in [1.165, 1.54) is 12.0 Å². The maximum atomic E-state index is 4.39. The van der Waals surface area contributed by atoms with E-state index in [-0.39, 0.29) is 0 Å². The van der Waals surface area contributed by atoms with E-state index < -0.39 is 0 Å². The van der Waals surface area contributed by atoms with Gasteiger partial charge in [0.15, 0.2) is 0 Å². The number of aromatic amines is 1. The predicted octanol–water partition coefficient (Wildman–Crippen LogP) is 2.68. The van der Waals surface area contributed by atoms with Crippen molar-refractivity contribution in [2.75, 3.05) is 11.9 Å². The highest BCUT2D eigenvalue weighted by atomic mass is 15.2. The summed E-state index contributed by atoms with van der Waals surface area (Å²) < 4.78 is 0. The molecule has 1 aliphatic heterocycles. The molecule has 1 saturated heterocycles. The van der Waals surface area contributed by atoms with Crippen LogP contribution < -0.4 is 5.32 Å². The molecule has 0 unspecified atom stereocenters. The highest BCUT2D eigenvalue weighted by molar-refractivity contribution is 5.51. The molecule has 3 aromatic heterocycles. The minimum atomic E-state index is 0.389. The highest BCUT2D eigenvalue weighted by Crippen LogP contribution is 2.33. The van der Waals surface area contributed by atoms with Crippen LogP contribution in [0.2, 0.25) is 0 Å². The van der Waals surface area contributed by atoms with E-state index in [9.17, 15) is 0 Å². The largest absolute Gasteiger partial charge is 0.348 e. The van der Waals surface area contributed by atoms with Gasteiger partial charge in [-0.05, 0) is 37.1 Å². The average molecular weight is 321 g/mol. The molecular formula is C17H19N7. The van der Waals surface area contributed by atoms with Gasteiger partial charge in [-0.2, -0.15) is 0 Å². The lowest BCUT2D eigenvalue weighted by atomic mass is 10.1. The lowest BCUT2D eigenvalue weighted by Gasteiger charge is -2.24. The fourth-order valence-corrected chi connectivity index (χ4v) is 3.19. The Kier molecular flexibility index (Phi) is 4.16. The molecule has 0 saturated carbocycles. The van der Waals surface area contributed by atoms with Gasteiger partial charge in [-0.15, -0.1) is 0 Å². The monoisotopic (exact) mass is 321 g/mol. The maximum Gasteiger partial charge on any atom is 0.150 e. The third kappa shape index (κ3) is 3.26. The number of H-pyrrole nitrogens is 1. The summed E-state index contributed by atoms with van der Waals surface area (Å²) in [5, 5.41) is 3.21. The molecule has 4 rings (SSSR count). The van der Waals surface area contributed by atoms with E-state index in [0.717, 1.165) is 31.2 Å². The van der Waals surface area contributed by atoms with Crippen molar-refractivity contribution in [1.82, 2.24) is 29.8 Å².